The quantitative estimate of drug-likeness (QED) is 0.570. The van der Waals surface area contributed by atoms with Crippen molar-refractivity contribution in [2.75, 3.05) is 12.3 Å². The first-order valence-electron chi connectivity index (χ1n) is 9.27. The predicted octanol–water partition coefficient (Wildman–Crippen LogP) is 4.68. The van der Waals surface area contributed by atoms with E-state index in [0.29, 0.717) is 15.9 Å². The number of rotatable bonds is 5. The third-order valence-electron chi connectivity index (χ3n) is 5.03. The Morgan fingerprint density at radius 2 is 2.07 bits per heavy atom. The van der Waals surface area contributed by atoms with Gasteiger partial charge >= 0.3 is 0 Å². The van der Waals surface area contributed by atoms with Crippen LogP contribution in [0.2, 0.25) is 5.02 Å². The fraction of sp³-hybridized carbons (Fsp3) is 0.286. The van der Waals surface area contributed by atoms with Crippen LogP contribution in [0.25, 0.3) is 5.69 Å². The monoisotopic (exact) mass is 412 g/mol. The average molecular weight is 413 g/mol. The summed E-state index contributed by atoms with van der Waals surface area (Å²) >= 11 is 7.66. The first kappa shape index (κ1) is 19.0. The van der Waals surface area contributed by atoms with E-state index in [1.807, 2.05) is 52.8 Å². The minimum atomic E-state index is 0.132. The molecule has 0 radical (unpaired) electrons. The van der Waals surface area contributed by atoms with Crippen molar-refractivity contribution >= 4 is 29.3 Å². The summed E-state index contributed by atoms with van der Waals surface area (Å²) in [4.78, 5) is 14.9. The van der Waals surface area contributed by atoms with Gasteiger partial charge in [-0.15, -0.1) is 10.2 Å². The van der Waals surface area contributed by atoms with E-state index in [4.69, 9.17) is 11.6 Å². The van der Waals surface area contributed by atoms with Gasteiger partial charge < -0.3 is 4.90 Å². The molecule has 3 aromatic rings. The van der Waals surface area contributed by atoms with E-state index in [0.717, 1.165) is 30.6 Å². The summed E-state index contributed by atoms with van der Waals surface area (Å²) in [6.07, 6.45) is 3.70. The molecule has 4 rings (SSSR count). The summed E-state index contributed by atoms with van der Waals surface area (Å²) < 4.78 is 1.86. The lowest BCUT2D eigenvalue weighted by atomic mass is 10.0. The molecule has 0 saturated carbocycles. The van der Waals surface area contributed by atoms with Crippen LogP contribution in [0.1, 0.15) is 30.0 Å². The van der Waals surface area contributed by atoms with Gasteiger partial charge in [-0.3, -0.25) is 9.36 Å². The molecule has 1 atom stereocenters. The summed E-state index contributed by atoms with van der Waals surface area (Å²) in [5.74, 6) is 0.467. The van der Waals surface area contributed by atoms with Gasteiger partial charge in [-0.05, 0) is 43.0 Å². The Labute approximate surface area is 173 Å². The minimum Gasteiger partial charge on any atom is -0.335 e. The fourth-order valence-corrected chi connectivity index (χ4v) is 4.52. The molecule has 1 aliphatic rings. The Hall–Kier alpha value is -2.31. The second-order valence-corrected chi connectivity index (χ2v) is 8.21. The highest BCUT2D eigenvalue weighted by Gasteiger charge is 2.29. The molecule has 2 heterocycles. The Morgan fingerprint density at radius 3 is 2.86 bits per heavy atom. The van der Waals surface area contributed by atoms with E-state index in [1.54, 1.807) is 6.33 Å². The molecule has 5 nitrogen and oxygen atoms in total. The molecule has 0 unspecified atom stereocenters. The van der Waals surface area contributed by atoms with Crippen molar-refractivity contribution in [2.24, 2.45) is 0 Å². The zero-order valence-electron chi connectivity index (χ0n) is 15.6. The van der Waals surface area contributed by atoms with Crippen LogP contribution in [0.15, 0.2) is 60.0 Å². The molecule has 2 aromatic carbocycles. The van der Waals surface area contributed by atoms with E-state index in [2.05, 4.69) is 22.3 Å². The zero-order valence-corrected chi connectivity index (χ0v) is 17.2. The normalized spacial score (nSPS) is 16.5. The van der Waals surface area contributed by atoms with Crippen molar-refractivity contribution in [2.45, 2.75) is 31.0 Å². The van der Waals surface area contributed by atoms with Gasteiger partial charge in [0.15, 0.2) is 5.16 Å². The predicted molar refractivity (Wildman–Crippen MR) is 112 cm³/mol. The molecule has 144 valence electrons. The molecular formula is C21H21ClN4OS. The number of benzene rings is 2. The van der Waals surface area contributed by atoms with Crippen molar-refractivity contribution in [1.29, 1.82) is 0 Å². The molecule has 1 aliphatic heterocycles. The molecule has 1 saturated heterocycles. The molecule has 1 aromatic heterocycles. The third kappa shape index (κ3) is 3.93. The Balaban J connectivity index is 1.46. The van der Waals surface area contributed by atoms with Crippen LogP contribution in [0.4, 0.5) is 0 Å². The number of carbonyl (C=O) groups excluding carboxylic acids is 1. The smallest absolute Gasteiger partial charge is 0.233 e. The van der Waals surface area contributed by atoms with Crippen molar-refractivity contribution < 1.29 is 4.79 Å². The molecular weight excluding hydrogens is 392 g/mol. The number of hydrogen-bond donors (Lipinski definition) is 0. The molecule has 28 heavy (non-hydrogen) atoms. The minimum absolute atomic E-state index is 0.132. The SMILES string of the molecule is Cc1ccc(-n2cnnc2SCC(=O)N2CCC[C@@H]2c2ccccc2)cc1Cl. The highest BCUT2D eigenvalue weighted by molar-refractivity contribution is 7.99. The lowest BCUT2D eigenvalue weighted by Crippen LogP contribution is -2.32. The summed E-state index contributed by atoms with van der Waals surface area (Å²) in [6, 6.07) is 16.3. The second-order valence-electron chi connectivity index (χ2n) is 6.86. The lowest BCUT2D eigenvalue weighted by molar-refractivity contribution is -0.129. The highest BCUT2D eigenvalue weighted by Crippen LogP contribution is 2.33. The molecule has 1 fully saturated rings. The van der Waals surface area contributed by atoms with Crippen molar-refractivity contribution in [3.8, 4) is 5.69 Å². The van der Waals surface area contributed by atoms with Crippen LogP contribution in [-0.4, -0.2) is 37.9 Å². The van der Waals surface area contributed by atoms with Crippen LogP contribution < -0.4 is 0 Å². The third-order valence-corrected chi connectivity index (χ3v) is 6.37. The Kier molecular flexibility index (Phi) is 5.69. The van der Waals surface area contributed by atoms with E-state index in [-0.39, 0.29) is 11.9 Å². The van der Waals surface area contributed by atoms with Gasteiger partial charge in [-0.2, -0.15) is 0 Å². The molecule has 0 spiro atoms. The van der Waals surface area contributed by atoms with Crippen molar-refractivity contribution in [3.05, 3.63) is 71.0 Å². The first-order chi connectivity index (χ1) is 13.6. The molecule has 1 amide bonds. The van der Waals surface area contributed by atoms with Crippen LogP contribution in [-0.2, 0) is 4.79 Å². The maximum atomic E-state index is 12.9. The molecule has 0 aliphatic carbocycles. The Morgan fingerprint density at radius 1 is 1.25 bits per heavy atom. The number of likely N-dealkylation sites (tertiary alicyclic amines) is 1. The van der Waals surface area contributed by atoms with Gasteiger partial charge in [0.2, 0.25) is 5.91 Å². The van der Waals surface area contributed by atoms with Crippen molar-refractivity contribution in [1.82, 2.24) is 19.7 Å². The van der Waals surface area contributed by atoms with E-state index in [1.165, 1.54) is 17.3 Å². The van der Waals surface area contributed by atoms with Gasteiger partial charge in [0.05, 0.1) is 17.5 Å². The topological polar surface area (TPSA) is 51.0 Å². The summed E-state index contributed by atoms with van der Waals surface area (Å²) in [5, 5.41) is 9.57. The van der Waals surface area contributed by atoms with Crippen molar-refractivity contribution in [3.63, 3.8) is 0 Å². The van der Waals surface area contributed by atoms with E-state index >= 15 is 0 Å². The van der Waals surface area contributed by atoms with Gasteiger partial charge in [-0.1, -0.05) is 59.8 Å². The number of nitrogens with zero attached hydrogens (tertiary/aromatic N) is 4. The molecule has 0 N–H and O–H groups in total. The number of thioether (sulfide) groups is 1. The number of carbonyl (C=O) groups is 1. The Bertz CT molecular complexity index is 976. The van der Waals surface area contributed by atoms with Gasteiger partial charge in [0, 0.05) is 11.6 Å². The van der Waals surface area contributed by atoms with E-state index in [9.17, 15) is 4.79 Å². The average Bonchev–Trinajstić information content (AvgIpc) is 3.38. The number of halogens is 1. The second kappa shape index (κ2) is 8.37. The largest absolute Gasteiger partial charge is 0.335 e. The first-order valence-corrected chi connectivity index (χ1v) is 10.6. The maximum absolute atomic E-state index is 12.9. The highest BCUT2D eigenvalue weighted by atomic mass is 35.5. The standard InChI is InChI=1S/C21H21ClN4OS/c1-15-9-10-17(12-18(15)22)26-14-23-24-21(26)28-13-20(27)25-11-5-8-19(25)16-6-3-2-4-7-16/h2-4,6-7,9-10,12,14,19H,5,8,11,13H2,1H3/t19-/m1/s1. The summed E-state index contributed by atoms with van der Waals surface area (Å²) in [7, 11) is 0. The van der Waals surface area contributed by atoms with Crippen LogP contribution >= 0.6 is 23.4 Å². The van der Waals surface area contributed by atoms with Gasteiger partial charge in [-0.25, -0.2) is 0 Å². The maximum Gasteiger partial charge on any atom is 0.233 e. The summed E-state index contributed by atoms with van der Waals surface area (Å²) in [5.41, 5.74) is 3.11. The van der Waals surface area contributed by atoms with Crippen LogP contribution in [0.3, 0.4) is 0 Å². The van der Waals surface area contributed by atoms with Gasteiger partial charge in [0.1, 0.15) is 6.33 Å². The lowest BCUT2D eigenvalue weighted by Gasteiger charge is -2.25. The molecule has 0 bridgehead atoms. The zero-order chi connectivity index (χ0) is 19.5. The number of aryl methyl sites for hydroxylation is 1. The van der Waals surface area contributed by atoms with Gasteiger partial charge in [0.25, 0.3) is 0 Å². The number of amides is 1. The number of hydrogen-bond acceptors (Lipinski definition) is 4. The van der Waals surface area contributed by atoms with E-state index < -0.39 is 0 Å². The number of aromatic nitrogens is 3. The van der Waals surface area contributed by atoms with Crippen LogP contribution in [0, 0.1) is 6.92 Å². The fourth-order valence-electron chi connectivity index (χ4n) is 3.53. The summed E-state index contributed by atoms with van der Waals surface area (Å²) in [6.45, 7) is 2.77. The molecule has 7 heteroatoms. The van der Waals surface area contributed by atoms with Crippen LogP contribution in [0.5, 0.6) is 0 Å².